The van der Waals surface area contributed by atoms with Gasteiger partial charge in [-0.05, 0) is 37.1 Å². The van der Waals surface area contributed by atoms with E-state index in [2.05, 4.69) is 9.97 Å². The fourth-order valence-electron chi connectivity index (χ4n) is 3.50. The second-order valence-corrected chi connectivity index (χ2v) is 7.91. The highest BCUT2D eigenvalue weighted by Gasteiger charge is 2.26. The number of fused-ring (bicyclic) bond motifs is 1. The number of benzene rings is 2. The van der Waals surface area contributed by atoms with Crippen molar-refractivity contribution >= 4 is 40.0 Å². The number of nitrogens with one attached hydrogen (secondary N) is 1. The molecule has 0 spiro atoms. The van der Waals surface area contributed by atoms with Gasteiger partial charge in [0.1, 0.15) is 11.6 Å². The van der Waals surface area contributed by atoms with Crippen LogP contribution in [0.4, 0.5) is 4.39 Å². The number of amides is 1. The molecule has 2 aromatic carbocycles. The van der Waals surface area contributed by atoms with Gasteiger partial charge in [-0.1, -0.05) is 35.3 Å². The molecule has 1 fully saturated rings. The van der Waals surface area contributed by atoms with E-state index in [0.29, 0.717) is 23.3 Å². The summed E-state index contributed by atoms with van der Waals surface area (Å²) in [5.41, 5.74) is 0.215. The molecule has 1 aliphatic heterocycles. The zero-order valence-electron chi connectivity index (χ0n) is 15.8. The molecule has 1 atom stereocenters. The Balaban J connectivity index is 1.69. The summed E-state index contributed by atoms with van der Waals surface area (Å²) < 4.78 is 19.7. The van der Waals surface area contributed by atoms with E-state index in [-0.39, 0.29) is 40.4 Å². The number of hydrogen-bond acceptors (Lipinski definition) is 4. The van der Waals surface area contributed by atoms with Crippen LogP contribution in [0.2, 0.25) is 10.0 Å². The van der Waals surface area contributed by atoms with Crippen molar-refractivity contribution in [3.8, 4) is 0 Å². The fourth-order valence-corrected chi connectivity index (χ4v) is 3.96. The number of H-pyrrole nitrogens is 1. The third-order valence-corrected chi connectivity index (χ3v) is 5.58. The molecule has 3 aromatic rings. The van der Waals surface area contributed by atoms with Crippen LogP contribution in [-0.4, -0.2) is 40.0 Å². The maximum Gasteiger partial charge on any atom is 0.258 e. The molecule has 1 N–H and O–H groups in total. The van der Waals surface area contributed by atoms with Gasteiger partial charge in [0.15, 0.2) is 0 Å². The Kier molecular flexibility index (Phi) is 6.04. The average molecular weight is 450 g/mol. The second-order valence-electron chi connectivity index (χ2n) is 7.10. The predicted octanol–water partition coefficient (Wildman–Crippen LogP) is 4.19. The fraction of sp³-hybridized carbons (Fsp3) is 0.286. The smallest absolute Gasteiger partial charge is 0.258 e. The Bertz CT molecular complexity index is 1160. The van der Waals surface area contributed by atoms with Crippen molar-refractivity contribution in [1.29, 1.82) is 0 Å². The number of aromatic nitrogens is 2. The van der Waals surface area contributed by atoms with Gasteiger partial charge >= 0.3 is 0 Å². The highest BCUT2D eigenvalue weighted by atomic mass is 35.5. The van der Waals surface area contributed by atoms with Gasteiger partial charge in [0.25, 0.3) is 11.5 Å². The van der Waals surface area contributed by atoms with E-state index in [1.165, 1.54) is 11.0 Å². The molecule has 0 aliphatic carbocycles. The number of rotatable bonds is 5. The van der Waals surface area contributed by atoms with Gasteiger partial charge in [-0.3, -0.25) is 9.59 Å². The van der Waals surface area contributed by atoms with Crippen LogP contribution in [0.1, 0.15) is 29.0 Å². The van der Waals surface area contributed by atoms with Crippen LogP contribution in [0, 0.1) is 5.82 Å². The topological polar surface area (TPSA) is 75.3 Å². The van der Waals surface area contributed by atoms with Gasteiger partial charge in [0.2, 0.25) is 0 Å². The summed E-state index contributed by atoms with van der Waals surface area (Å²) in [7, 11) is 0. The van der Waals surface area contributed by atoms with Gasteiger partial charge in [0, 0.05) is 13.2 Å². The quantitative estimate of drug-likeness (QED) is 0.592. The summed E-state index contributed by atoms with van der Waals surface area (Å²) in [6.45, 7) is 0.892. The van der Waals surface area contributed by atoms with Gasteiger partial charge in [0.05, 0.1) is 39.2 Å². The second kappa shape index (κ2) is 8.71. The van der Waals surface area contributed by atoms with Crippen LogP contribution >= 0.6 is 23.2 Å². The third-order valence-electron chi connectivity index (χ3n) is 4.98. The molecule has 2 heterocycles. The summed E-state index contributed by atoms with van der Waals surface area (Å²) in [6, 6.07) is 9.16. The molecule has 4 rings (SSSR count). The lowest BCUT2D eigenvalue weighted by Crippen LogP contribution is -2.38. The molecular weight excluding hydrogens is 432 g/mol. The predicted molar refractivity (Wildman–Crippen MR) is 112 cm³/mol. The first-order valence-corrected chi connectivity index (χ1v) is 10.2. The average Bonchev–Trinajstić information content (AvgIpc) is 3.23. The summed E-state index contributed by atoms with van der Waals surface area (Å²) in [6.07, 6.45) is 1.54. The van der Waals surface area contributed by atoms with Gasteiger partial charge in [-0.25, -0.2) is 9.37 Å². The number of para-hydroxylation sites is 1. The lowest BCUT2D eigenvalue weighted by molar-refractivity contribution is 0.0501. The van der Waals surface area contributed by atoms with E-state index >= 15 is 0 Å². The molecule has 1 aromatic heterocycles. The van der Waals surface area contributed by atoms with Crippen molar-refractivity contribution in [1.82, 2.24) is 14.9 Å². The maximum atomic E-state index is 14.0. The van der Waals surface area contributed by atoms with E-state index < -0.39 is 11.7 Å². The van der Waals surface area contributed by atoms with Crippen LogP contribution in [-0.2, 0) is 11.3 Å². The van der Waals surface area contributed by atoms with Crippen molar-refractivity contribution < 1.29 is 13.9 Å². The SMILES string of the molecule is O=C(c1cc(F)c(Cl)cc1Cl)N(Cc1nc2ccccc2c(=O)[nH]1)CC1CCCO1. The maximum absolute atomic E-state index is 14.0. The molecule has 1 aliphatic rings. The van der Waals surface area contributed by atoms with E-state index in [0.717, 1.165) is 18.9 Å². The molecule has 9 heteroatoms. The molecule has 1 amide bonds. The lowest BCUT2D eigenvalue weighted by Gasteiger charge is -2.25. The molecule has 1 unspecified atom stereocenters. The number of aromatic amines is 1. The molecule has 6 nitrogen and oxygen atoms in total. The van der Waals surface area contributed by atoms with Crippen LogP contribution in [0.15, 0.2) is 41.2 Å². The Morgan fingerprint density at radius 1 is 1.27 bits per heavy atom. The van der Waals surface area contributed by atoms with E-state index in [9.17, 15) is 14.0 Å². The number of ether oxygens (including phenoxy) is 1. The number of nitrogens with zero attached hydrogens (tertiary/aromatic N) is 2. The van der Waals surface area contributed by atoms with Crippen LogP contribution in [0.3, 0.4) is 0 Å². The van der Waals surface area contributed by atoms with Crippen molar-refractivity contribution in [3.05, 3.63) is 74.0 Å². The molecular formula is C21H18Cl2FN3O3. The minimum absolute atomic E-state index is 0.0132. The Hall–Kier alpha value is -2.48. The normalized spacial score (nSPS) is 16.2. The monoisotopic (exact) mass is 449 g/mol. The molecule has 0 radical (unpaired) electrons. The highest BCUT2D eigenvalue weighted by molar-refractivity contribution is 6.36. The minimum atomic E-state index is -0.737. The van der Waals surface area contributed by atoms with Crippen molar-refractivity contribution in [2.45, 2.75) is 25.5 Å². The van der Waals surface area contributed by atoms with Crippen LogP contribution in [0.25, 0.3) is 10.9 Å². The zero-order chi connectivity index (χ0) is 21.3. The lowest BCUT2D eigenvalue weighted by atomic mass is 10.1. The first-order chi connectivity index (χ1) is 14.4. The van der Waals surface area contributed by atoms with E-state index in [4.69, 9.17) is 27.9 Å². The third kappa shape index (κ3) is 4.33. The minimum Gasteiger partial charge on any atom is -0.376 e. The largest absolute Gasteiger partial charge is 0.376 e. The van der Waals surface area contributed by atoms with Crippen LogP contribution in [0.5, 0.6) is 0 Å². The number of halogens is 3. The van der Waals surface area contributed by atoms with Gasteiger partial charge in [-0.2, -0.15) is 0 Å². The van der Waals surface area contributed by atoms with Crippen molar-refractivity contribution in [2.75, 3.05) is 13.2 Å². The molecule has 1 saturated heterocycles. The first kappa shape index (κ1) is 20.8. The van der Waals surface area contributed by atoms with E-state index in [1.807, 2.05) is 0 Å². The standard InChI is InChI=1S/C21H18Cl2FN3O3/c22-15-9-16(23)17(24)8-14(15)21(29)27(10-12-4-3-7-30-12)11-19-25-18-6-2-1-5-13(18)20(28)26-19/h1-2,5-6,8-9,12H,3-4,7,10-11H2,(H,25,26,28). The molecule has 0 saturated carbocycles. The Morgan fingerprint density at radius 3 is 2.83 bits per heavy atom. The summed E-state index contributed by atoms with van der Waals surface area (Å²) >= 11 is 11.9. The van der Waals surface area contributed by atoms with Crippen LogP contribution < -0.4 is 5.56 Å². The van der Waals surface area contributed by atoms with Crippen molar-refractivity contribution in [3.63, 3.8) is 0 Å². The number of carbonyl (C=O) groups is 1. The van der Waals surface area contributed by atoms with Gasteiger partial charge < -0.3 is 14.6 Å². The first-order valence-electron chi connectivity index (χ1n) is 9.45. The zero-order valence-corrected chi connectivity index (χ0v) is 17.3. The number of hydrogen-bond donors (Lipinski definition) is 1. The summed E-state index contributed by atoms with van der Waals surface area (Å²) in [4.78, 5) is 34.3. The summed E-state index contributed by atoms with van der Waals surface area (Å²) in [5, 5.41) is 0.340. The van der Waals surface area contributed by atoms with Crippen molar-refractivity contribution in [2.24, 2.45) is 0 Å². The Morgan fingerprint density at radius 2 is 2.07 bits per heavy atom. The highest BCUT2D eigenvalue weighted by Crippen LogP contribution is 2.26. The number of carbonyl (C=O) groups excluding carboxylic acids is 1. The molecule has 156 valence electrons. The molecule has 0 bridgehead atoms. The van der Waals surface area contributed by atoms with E-state index in [1.54, 1.807) is 24.3 Å². The summed E-state index contributed by atoms with van der Waals surface area (Å²) in [5.74, 6) is -0.920. The van der Waals surface area contributed by atoms with Gasteiger partial charge in [-0.15, -0.1) is 0 Å². The molecule has 30 heavy (non-hydrogen) atoms. The Labute approximate surface area is 181 Å².